The number of nitrogens with one attached hydrogen (secondary N) is 2. The second-order valence-electron chi connectivity index (χ2n) is 4.79. The van der Waals surface area contributed by atoms with Gasteiger partial charge in [0, 0.05) is 12.2 Å². The average molecular weight is 277 g/mol. The predicted molar refractivity (Wildman–Crippen MR) is 76.6 cm³/mol. The van der Waals surface area contributed by atoms with Crippen LogP contribution in [0, 0.1) is 5.92 Å². The molecule has 2 unspecified atom stereocenters. The smallest absolute Gasteiger partial charge is 0.265 e. The van der Waals surface area contributed by atoms with Crippen molar-refractivity contribution in [3.05, 3.63) is 18.2 Å². The molecule has 2 atom stereocenters. The first kappa shape index (κ1) is 14.3. The molecule has 0 saturated heterocycles. The molecule has 1 aliphatic heterocycles. The van der Waals surface area contributed by atoms with Crippen LogP contribution in [-0.2, 0) is 9.59 Å². The van der Waals surface area contributed by atoms with Crippen LogP contribution in [0.4, 0.5) is 11.4 Å². The Balaban J connectivity index is 2.14. The van der Waals surface area contributed by atoms with Gasteiger partial charge in [0.1, 0.15) is 5.75 Å². The summed E-state index contributed by atoms with van der Waals surface area (Å²) in [4.78, 5) is 23.5. The number of rotatable bonds is 4. The van der Waals surface area contributed by atoms with Crippen LogP contribution >= 0.6 is 0 Å². The van der Waals surface area contributed by atoms with E-state index >= 15 is 0 Å². The summed E-state index contributed by atoms with van der Waals surface area (Å²) in [5.41, 5.74) is 6.72. The van der Waals surface area contributed by atoms with E-state index in [0.717, 1.165) is 0 Å². The second kappa shape index (κ2) is 5.92. The van der Waals surface area contributed by atoms with Gasteiger partial charge in [-0.15, -0.1) is 0 Å². The van der Waals surface area contributed by atoms with Crippen molar-refractivity contribution in [2.45, 2.75) is 26.4 Å². The number of carbonyl (C=O) groups excluding carboxylic acids is 2. The molecule has 1 heterocycles. The van der Waals surface area contributed by atoms with Gasteiger partial charge >= 0.3 is 0 Å². The molecule has 6 nitrogen and oxygen atoms in total. The monoisotopic (exact) mass is 277 g/mol. The van der Waals surface area contributed by atoms with Crippen LogP contribution < -0.4 is 21.1 Å². The summed E-state index contributed by atoms with van der Waals surface area (Å²) < 4.78 is 5.45. The fraction of sp³-hybridized carbons (Fsp3) is 0.429. The first-order valence-electron chi connectivity index (χ1n) is 6.67. The van der Waals surface area contributed by atoms with Crippen molar-refractivity contribution in [3.63, 3.8) is 0 Å². The van der Waals surface area contributed by atoms with E-state index in [2.05, 4.69) is 10.6 Å². The Kier molecular flexibility index (Phi) is 4.24. The Morgan fingerprint density at radius 1 is 1.55 bits per heavy atom. The highest BCUT2D eigenvalue weighted by molar-refractivity contribution is 5.99. The van der Waals surface area contributed by atoms with E-state index in [9.17, 15) is 9.59 Å². The number of hydrogen-bond donors (Lipinski definition) is 3. The first-order valence-corrected chi connectivity index (χ1v) is 6.67. The number of ether oxygens (including phenoxy) is 1. The zero-order valence-corrected chi connectivity index (χ0v) is 11.6. The lowest BCUT2D eigenvalue weighted by Gasteiger charge is -2.24. The van der Waals surface area contributed by atoms with E-state index in [0.29, 0.717) is 30.1 Å². The minimum absolute atomic E-state index is 0.119. The van der Waals surface area contributed by atoms with Crippen molar-refractivity contribution in [1.29, 1.82) is 0 Å². The van der Waals surface area contributed by atoms with E-state index in [1.165, 1.54) is 0 Å². The third-order valence-electron chi connectivity index (χ3n) is 3.33. The number of fused-ring (bicyclic) bond motifs is 1. The van der Waals surface area contributed by atoms with Crippen molar-refractivity contribution >= 4 is 23.2 Å². The number of nitrogens with two attached hydrogens (primary N) is 1. The third-order valence-corrected chi connectivity index (χ3v) is 3.33. The van der Waals surface area contributed by atoms with E-state index < -0.39 is 6.10 Å². The van der Waals surface area contributed by atoms with E-state index in [-0.39, 0.29) is 17.7 Å². The van der Waals surface area contributed by atoms with Crippen LogP contribution in [0.3, 0.4) is 0 Å². The van der Waals surface area contributed by atoms with Crippen LogP contribution in [0.15, 0.2) is 18.2 Å². The van der Waals surface area contributed by atoms with Gasteiger partial charge in [-0.25, -0.2) is 0 Å². The summed E-state index contributed by atoms with van der Waals surface area (Å²) in [7, 11) is 0. The average Bonchev–Trinajstić information content (AvgIpc) is 2.42. The zero-order valence-electron chi connectivity index (χ0n) is 11.6. The van der Waals surface area contributed by atoms with Gasteiger partial charge in [0.05, 0.1) is 11.6 Å². The van der Waals surface area contributed by atoms with Crippen LogP contribution in [-0.4, -0.2) is 24.5 Å². The Bertz CT molecular complexity index is 526. The maximum atomic E-state index is 11.9. The summed E-state index contributed by atoms with van der Waals surface area (Å²) in [5.74, 6) is 0.0682. The van der Waals surface area contributed by atoms with Gasteiger partial charge < -0.3 is 21.1 Å². The molecular formula is C14H19N3O3. The van der Waals surface area contributed by atoms with Gasteiger partial charge in [-0.05, 0) is 31.5 Å². The quantitative estimate of drug-likeness (QED) is 0.774. The molecule has 0 aromatic heterocycles. The number of hydrogen-bond acceptors (Lipinski definition) is 4. The summed E-state index contributed by atoms with van der Waals surface area (Å²) in [6.07, 6.45) is 0.176. The lowest BCUT2D eigenvalue weighted by Crippen LogP contribution is -2.34. The molecule has 1 aliphatic rings. The molecule has 4 N–H and O–H groups in total. The van der Waals surface area contributed by atoms with Gasteiger partial charge in [0.25, 0.3) is 5.91 Å². The highest BCUT2D eigenvalue weighted by atomic mass is 16.5. The summed E-state index contributed by atoms with van der Waals surface area (Å²) in [6, 6.07) is 5.15. The van der Waals surface area contributed by atoms with Gasteiger partial charge in [-0.2, -0.15) is 0 Å². The van der Waals surface area contributed by atoms with Crippen molar-refractivity contribution in [2.75, 3.05) is 17.2 Å². The molecule has 0 radical (unpaired) electrons. The molecule has 20 heavy (non-hydrogen) atoms. The Morgan fingerprint density at radius 3 is 2.95 bits per heavy atom. The minimum atomic E-state index is -0.510. The lowest BCUT2D eigenvalue weighted by molar-refractivity contribution is -0.122. The molecule has 0 aliphatic carbocycles. The van der Waals surface area contributed by atoms with Crippen LogP contribution in [0.1, 0.15) is 20.3 Å². The predicted octanol–water partition coefficient (Wildman–Crippen LogP) is 1.33. The maximum absolute atomic E-state index is 11.9. The molecule has 0 bridgehead atoms. The standard InChI is InChI=1S/C14H19N3O3/c1-3-9(7-15)14(19)16-10-4-5-12-11(6-10)17-13(18)8(2)20-12/h4-6,8-9H,3,7,15H2,1-2H3,(H,16,19)(H,17,18). The van der Waals surface area contributed by atoms with Crippen molar-refractivity contribution in [2.24, 2.45) is 11.7 Å². The molecule has 2 rings (SSSR count). The third kappa shape index (κ3) is 2.91. The summed E-state index contributed by atoms with van der Waals surface area (Å²) >= 11 is 0. The molecule has 1 aromatic rings. The number of anilines is 2. The SMILES string of the molecule is CCC(CN)C(=O)Nc1ccc2c(c1)NC(=O)C(C)O2. The molecule has 0 fully saturated rings. The Morgan fingerprint density at radius 2 is 2.30 bits per heavy atom. The normalized spacial score (nSPS) is 18.6. The van der Waals surface area contributed by atoms with Gasteiger partial charge in [0.2, 0.25) is 5.91 Å². The molecular weight excluding hydrogens is 258 g/mol. The Labute approximate surface area is 117 Å². The van der Waals surface area contributed by atoms with E-state index in [4.69, 9.17) is 10.5 Å². The van der Waals surface area contributed by atoms with Crippen molar-refractivity contribution in [3.8, 4) is 5.75 Å². The van der Waals surface area contributed by atoms with E-state index in [1.54, 1.807) is 25.1 Å². The minimum Gasteiger partial charge on any atom is -0.479 e. The molecule has 0 saturated carbocycles. The Hall–Kier alpha value is -2.08. The molecule has 2 amide bonds. The molecule has 0 spiro atoms. The van der Waals surface area contributed by atoms with Crippen molar-refractivity contribution in [1.82, 2.24) is 0 Å². The molecule has 6 heteroatoms. The maximum Gasteiger partial charge on any atom is 0.265 e. The van der Waals surface area contributed by atoms with Crippen LogP contribution in [0.5, 0.6) is 5.75 Å². The molecule has 1 aromatic carbocycles. The number of carbonyl (C=O) groups is 2. The van der Waals surface area contributed by atoms with Gasteiger partial charge in [-0.3, -0.25) is 9.59 Å². The van der Waals surface area contributed by atoms with Crippen LogP contribution in [0.25, 0.3) is 0 Å². The lowest BCUT2D eigenvalue weighted by atomic mass is 10.1. The second-order valence-corrected chi connectivity index (χ2v) is 4.79. The highest BCUT2D eigenvalue weighted by Crippen LogP contribution is 2.32. The van der Waals surface area contributed by atoms with Gasteiger partial charge in [-0.1, -0.05) is 6.92 Å². The fourth-order valence-electron chi connectivity index (χ4n) is 1.99. The summed E-state index contributed by atoms with van der Waals surface area (Å²) in [6.45, 7) is 3.91. The largest absolute Gasteiger partial charge is 0.479 e. The topological polar surface area (TPSA) is 93.5 Å². The number of benzene rings is 1. The fourth-order valence-corrected chi connectivity index (χ4v) is 1.99. The van der Waals surface area contributed by atoms with Crippen molar-refractivity contribution < 1.29 is 14.3 Å². The molecule has 108 valence electrons. The van der Waals surface area contributed by atoms with Crippen LogP contribution in [0.2, 0.25) is 0 Å². The van der Waals surface area contributed by atoms with Gasteiger partial charge in [0.15, 0.2) is 6.10 Å². The highest BCUT2D eigenvalue weighted by Gasteiger charge is 2.24. The summed E-state index contributed by atoms with van der Waals surface area (Å²) in [5, 5.41) is 5.53. The zero-order chi connectivity index (χ0) is 14.7. The number of amides is 2. The first-order chi connectivity index (χ1) is 9.55. The van der Waals surface area contributed by atoms with E-state index in [1.807, 2.05) is 6.92 Å².